The number of tetrazole rings is 1. The van der Waals surface area contributed by atoms with Crippen LogP contribution in [0.2, 0.25) is 0 Å². The minimum Gasteiger partial charge on any atom is -0.308 e. The van der Waals surface area contributed by atoms with Crippen molar-refractivity contribution >= 4 is 27.7 Å². The Bertz CT molecular complexity index is 468. The van der Waals surface area contributed by atoms with E-state index in [2.05, 4.69) is 46.7 Å². The summed E-state index contributed by atoms with van der Waals surface area (Å²) >= 11 is 3.14. The summed E-state index contributed by atoms with van der Waals surface area (Å²) in [4.78, 5) is 19.3. The van der Waals surface area contributed by atoms with Crippen molar-refractivity contribution in [3.63, 3.8) is 0 Å². The normalized spacial score (nSPS) is 10.1. The van der Waals surface area contributed by atoms with Gasteiger partial charge in [-0.3, -0.25) is 4.79 Å². The molecule has 1 amide bonds. The third kappa shape index (κ3) is 2.79. The Balaban J connectivity index is 1.95. The lowest BCUT2D eigenvalue weighted by Crippen LogP contribution is -2.19. The van der Waals surface area contributed by atoms with Gasteiger partial charge in [0.2, 0.25) is 5.91 Å². The molecule has 8 nitrogen and oxygen atoms in total. The van der Waals surface area contributed by atoms with Crippen molar-refractivity contribution in [1.82, 2.24) is 30.2 Å². The van der Waals surface area contributed by atoms with Gasteiger partial charge in [-0.05, 0) is 26.4 Å². The summed E-state index contributed by atoms with van der Waals surface area (Å²) in [7, 11) is 0. The summed E-state index contributed by atoms with van der Waals surface area (Å²) in [5, 5.41) is 12.9. The fraction of sp³-hybridized carbons (Fsp3) is 0.143. The molecule has 1 N–H and O–H groups in total. The number of hydrogen-bond acceptors (Lipinski definition) is 6. The summed E-state index contributed by atoms with van der Waals surface area (Å²) in [6, 6.07) is 0. The van der Waals surface area contributed by atoms with Crippen molar-refractivity contribution in [2.75, 3.05) is 5.32 Å². The first-order valence-electron chi connectivity index (χ1n) is 4.22. The predicted octanol–water partition coefficient (Wildman–Crippen LogP) is -0.136. The van der Waals surface area contributed by atoms with Gasteiger partial charge in [0.25, 0.3) is 0 Å². The van der Waals surface area contributed by atoms with E-state index in [1.54, 1.807) is 0 Å². The molecule has 16 heavy (non-hydrogen) atoms. The van der Waals surface area contributed by atoms with Gasteiger partial charge in [-0.2, -0.15) is 0 Å². The molecule has 0 aliphatic rings. The van der Waals surface area contributed by atoms with E-state index in [0.717, 1.165) is 0 Å². The van der Waals surface area contributed by atoms with Gasteiger partial charge in [-0.25, -0.2) is 14.6 Å². The largest absolute Gasteiger partial charge is 0.308 e. The highest BCUT2D eigenvalue weighted by Gasteiger charge is 2.05. The van der Waals surface area contributed by atoms with E-state index in [1.165, 1.54) is 23.4 Å². The number of carbonyl (C=O) groups excluding carboxylic acids is 1. The number of carbonyl (C=O) groups is 1. The third-order valence-corrected chi connectivity index (χ3v) is 1.99. The molecule has 0 bridgehead atoms. The number of aromatic nitrogens is 6. The fourth-order valence-electron chi connectivity index (χ4n) is 0.959. The van der Waals surface area contributed by atoms with Crippen LogP contribution in [0.15, 0.2) is 23.3 Å². The Morgan fingerprint density at radius 1 is 1.44 bits per heavy atom. The Morgan fingerprint density at radius 3 is 2.94 bits per heavy atom. The molecular weight excluding hydrogens is 278 g/mol. The van der Waals surface area contributed by atoms with E-state index < -0.39 is 0 Å². The topological polar surface area (TPSA) is 98.5 Å². The molecule has 2 aromatic rings. The van der Waals surface area contributed by atoms with Crippen molar-refractivity contribution in [1.29, 1.82) is 0 Å². The van der Waals surface area contributed by atoms with Crippen LogP contribution >= 0.6 is 15.9 Å². The molecule has 0 saturated carbocycles. The van der Waals surface area contributed by atoms with E-state index in [1.807, 2.05) is 0 Å². The molecule has 0 atom stereocenters. The Labute approximate surface area is 98.2 Å². The first-order valence-corrected chi connectivity index (χ1v) is 5.01. The van der Waals surface area contributed by atoms with Gasteiger partial charge in [-0.15, -0.1) is 5.10 Å². The highest BCUT2D eigenvalue weighted by molar-refractivity contribution is 9.10. The third-order valence-electron chi connectivity index (χ3n) is 1.58. The summed E-state index contributed by atoms with van der Waals surface area (Å²) in [5.41, 5.74) is 0. The first kappa shape index (κ1) is 10.6. The standard InChI is InChI=1S/C7H6BrN7O/c8-5-1-10-6(2-9-5)12-7(16)3-15-4-11-13-14-15/h1-2,4H,3H2,(H,10,12,16). The molecule has 0 aliphatic heterocycles. The Kier molecular flexibility index (Phi) is 3.15. The van der Waals surface area contributed by atoms with Crippen LogP contribution in [-0.4, -0.2) is 36.1 Å². The van der Waals surface area contributed by atoms with Gasteiger partial charge >= 0.3 is 0 Å². The highest BCUT2D eigenvalue weighted by Crippen LogP contribution is 2.05. The number of hydrogen-bond donors (Lipinski definition) is 1. The number of nitrogens with zero attached hydrogens (tertiary/aromatic N) is 6. The lowest BCUT2D eigenvalue weighted by atomic mass is 10.5. The number of amides is 1. The monoisotopic (exact) mass is 283 g/mol. The second kappa shape index (κ2) is 4.75. The van der Waals surface area contributed by atoms with Crippen LogP contribution in [0.5, 0.6) is 0 Å². The van der Waals surface area contributed by atoms with Crippen LogP contribution in [0.3, 0.4) is 0 Å². The smallest absolute Gasteiger partial charge is 0.247 e. The van der Waals surface area contributed by atoms with Gasteiger partial charge in [0.1, 0.15) is 17.5 Å². The lowest BCUT2D eigenvalue weighted by Gasteiger charge is -2.02. The maximum absolute atomic E-state index is 11.5. The second-order valence-corrected chi connectivity index (χ2v) is 3.59. The number of rotatable bonds is 3. The quantitative estimate of drug-likeness (QED) is 0.842. The fourth-order valence-corrected chi connectivity index (χ4v) is 1.16. The van der Waals surface area contributed by atoms with E-state index in [0.29, 0.717) is 10.4 Å². The van der Waals surface area contributed by atoms with Crippen molar-refractivity contribution < 1.29 is 4.79 Å². The molecule has 0 radical (unpaired) electrons. The molecular formula is C7H6BrN7O. The highest BCUT2D eigenvalue weighted by atomic mass is 79.9. The van der Waals surface area contributed by atoms with Crippen LogP contribution in [0, 0.1) is 0 Å². The zero-order chi connectivity index (χ0) is 11.4. The van der Waals surface area contributed by atoms with E-state index in [-0.39, 0.29) is 12.5 Å². The van der Waals surface area contributed by atoms with Crippen LogP contribution < -0.4 is 5.32 Å². The van der Waals surface area contributed by atoms with Crippen molar-refractivity contribution in [3.8, 4) is 0 Å². The molecule has 0 spiro atoms. The van der Waals surface area contributed by atoms with Gasteiger partial charge in [0.05, 0.1) is 12.4 Å². The van der Waals surface area contributed by atoms with Gasteiger partial charge in [0.15, 0.2) is 5.82 Å². The molecule has 82 valence electrons. The molecule has 9 heteroatoms. The minimum absolute atomic E-state index is 0.0325. The average Bonchev–Trinajstić information content (AvgIpc) is 2.74. The van der Waals surface area contributed by atoms with Crippen LogP contribution in [0.4, 0.5) is 5.82 Å². The SMILES string of the molecule is O=C(Cn1cnnn1)Nc1cnc(Br)cn1. The number of nitrogens with one attached hydrogen (secondary N) is 1. The molecule has 2 heterocycles. The molecule has 0 aromatic carbocycles. The lowest BCUT2D eigenvalue weighted by molar-refractivity contribution is -0.117. The van der Waals surface area contributed by atoms with Crippen LogP contribution in [0.25, 0.3) is 0 Å². The van der Waals surface area contributed by atoms with Crippen LogP contribution in [-0.2, 0) is 11.3 Å². The van der Waals surface area contributed by atoms with Crippen molar-refractivity contribution in [2.24, 2.45) is 0 Å². The summed E-state index contributed by atoms with van der Waals surface area (Å²) < 4.78 is 1.91. The molecule has 2 aromatic heterocycles. The molecule has 0 aliphatic carbocycles. The number of halogens is 1. The summed E-state index contributed by atoms with van der Waals surface area (Å²) in [5.74, 6) is 0.102. The Hall–Kier alpha value is -1.90. The van der Waals surface area contributed by atoms with E-state index >= 15 is 0 Å². The number of anilines is 1. The maximum atomic E-state index is 11.5. The first-order chi connectivity index (χ1) is 7.74. The minimum atomic E-state index is -0.274. The second-order valence-electron chi connectivity index (χ2n) is 2.78. The Morgan fingerprint density at radius 2 is 2.31 bits per heavy atom. The van der Waals surface area contributed by atoms with Gasteiger partial charge in [-0.1, -0.05) is 0 Å². The van der Waals surface area contributed by atoms with E-state index in [4.69, 9.17) is 0 Å². The average molecular weight is 284 g/mol. The summed E-state index contributed by atoms with van der Waals surface area (Å²) in [6.07, 6.45) is 4.29. The molecule has 0 fully saturated rings. The van der Waals surface area contributed by atoms with Gasteiger partial charge < -0.3 is 5.32 Å². The van der Waals surface area contributed by atoms with Gasteiger partial charge in [0, 0.05) is 0 Å². The van der Waals surface area contributed by atoms with Crippen molar-refractivity contribution in [2.45, 2.75) is 6.54 Å². The van der Waals surface area contributed by atoms with E-state index in [9.17, 15) is 4.79 Å². The summed E-state index contributed by atoms with van der Waals surface area (Å²) in [6.45, 7) is 0.0325. The predicted molar refractivity (Wildman–Crippen MR) is 56.2 cm³/mol. The zero-order valence-corrected chi connectivity index (χ0v) is 9.49. The van der Waals surface area contributed by atoms with Crippen molar-refractivity contribution in [3.05, 3.63) is 23.3 Å². The molecule has 2 rings (SSSR count). The molecule has 0 unspecified atom stereocenters. The molecule has 0 saturated heterocycles. The zero-order valence-electron chi connectivity index (χ0n) is 7.91. The maximum Gasteiger partial charge on any atom is 0.247 e. The van der Waals surface area contributed by atoms with Crippen LogP contribution in [0.1, 0.15) is 0 Å².